The van der Waals surface area contributed by atoms with Crippen LogP contribution in [0.1, 0.15) is 5.56 Å². The first-order chi connectivity index (χ1) is 19.6. The number of hydrogen-bond acceptors (Lipinski definition) is 14. The largest absolute Gasteiger partial charge is 0.462 e. The maximum Gasteiger partial charge on any atom is 0.229 e. The average Bonchev–Trinajstić information content (AvgIpc) is 2.97. The molecule has 2 fully saturated rings. The lowest BCUT2D eigenvalue weighted by Gasteiger charge is -2.40. The monoisotopic (exact) mass is 578 g/mol. The summed E-state index contributed by atoms with van der Waals surface area (Å²) in [5.74, 6) is 0.241. The van der Waals surface area contributed by atoms with E-state index < -0.39 is 74.6 Å². The molecule has 14 heteroatoms. The lowest BCUT2D eigenvalue weighted by Crippen LogP contribution is -2.60. The molecule has 0 saturated carbocycles. The Morgan fingerprint density at radius 1 is 0.659 bits per heavy atom. The minimum absolute atomic E-state index is 0.0170. The van der Waals surface area contributed by atoms with Crippen molar-refractivity contribution >= 4 is 11.9 Å². The van der Waals surface area contributed by atoms with Crippen LogP contribution >= 0.6 is 0 Å². The summed E-state index contributed by atoms with van der Waals surface area (Å²) in [7, 11) is 0. The highest BCUT2D eigenvalue weighted by Crippen LogP contribution is 2.42. The van der Waals surface area contributed by atoms with Crippen molar-refractivity contribution in [1.29, 1.82) is 0 Å². The molecule has 8 N–H and O–H groups in total. The van der Waals surface area contributed by atoms with E-state index in [1.165, 1.54) is 24.3 Å². The Balaban J connectivity index is 1.49. The molecular formula is C27H30O14. The highest BCUT2D eigenvalue weighted by Gasteiger charge is 2.46. The first-order valence-corrected chi connectivity index (χ1v) is 12.7. The molecule has 0 radical (unpaired) electrons. The minimum atomic E-state index is -1.72. The van der Waals surface area contributed by atoms with E-state index in [2.05, 4.69) is 0 Å². The molecule has 4 aliphatic rings. The second-order valence-electron chi connectivity index (χ2n) is 9.79. The van der Waals surface area contributed by atoms with Crippen molar-refractivity contribution in [3.63, 3.8) is 0 Å². The van der Waals surface area contributed by atoms with Gasteiger partial charge in [0.1, 0.15) is 71.8 Å². The average molecular weight is 579 g/mol. The molecule has 2 saturated heterocycles. The van der Waals surface area contributed by atoms with Crippen molar-refractivity contribution < 1.29 is 69.3 Å². The van der Waals surface area contributed by atoms with Crippen molar-refractivity contribution in [2.75, 3.05) is 13.2 Å². The molecule has 14 nitrogen and oxygen atoms in total. The van der Waals surface area contributed by atoms with Gasteiger partial charge in [-0.1, -0.05) is 0 Å². The topological polar surface area (TPSA) is 225 Å². The van der Waals surface area contributed by atoms with Gasteiger partial charge in [-0.05, 0) is 36.5 Å². The fourth-order valence-corrected chi connectivity index (χ4v) is 4.67. The Morgan fingerprint density at radius 2 is 1.22 bits per heavy atom. The van der Waals surface area contributed by atoms with Gasteiger partial charge in [-0.25, -0.2) is 0 Å². The van der Waals surface area contributed by atoms with E-state index >= 15 is 0 Å². The zero-order valence-corrected chi connectivity index (χ0v) is 21.3. The number of benzene rings is 1. The van der Waals surface area contributed by atoms with Crippen LogP contribution < -0.4 is 14.2 Å². The van der Waals surface area contributed by atoms with E-state index in [4.69, 9.17) is 23.7 Å². The molecule has 222 valence electrons. The molecule has 10 atom stereocenters. The predicted octanol–water partition coefficient (Wildman–Crippen LogP) is -2.60. The third-order valence-electron chi connectivity index (χ3n) is 7.03. The summed E-state index contributed by atoms with van der Waals surface area (Å²) < 4.78 is 28.5. The number of carbonyl (C=O) groups is 1. The van der Waals surface area contributed by atoms with Crippen molar-refractivity contribution in [2.45, 2.75) is 61.4 Å². The standard InChI is InChI=1S/C27H30O14/c28-9-18-20(31)22(33)24(35)26(40-18)37-13-7-16-14(5-6-15(38-16)11-1-3-12(30)4-2-11)17(8-13)39-27-25(36)23(34)21(32)19(10-29)41-27/h1-8,18-29,31-36H,9-10H2. The van der Waals surface area contributed by atoms with Gasteiger partial charge in [0.25, 0.3) is 0 Å². The van der Waals surface area contributed by atoms with E-state index in [1.54, 1.807) is 24.3 Å². The quantitative estimate of drug-likeness (QED) is 0.173. The zero-order chi connectivity index (χ0) is 29.4. The molecule has 41 heavy (non-hydrogen) atoms. The van der Waals surface area contributed by atoms with Gasteiger partial charge in [-0.15, -0.1) is 0 Å². The number of fused-ring (bicyclic) bond motifs is 1. The van der Waals surface area contributed by atoms with Crippen LogP contribution in [0, 0.1) is 0 Å². The summed E-state index contributed by atoms with van der Waals surface area (Å²) in [6.07, 6.45) is -6.56. The Bertz CT molecular complexity index is 1250. The third kappa shape index (κ3) is 5.80. The summed E-state index contributed by atoms with van der Waals surface area (Å²) in [5.41, 5.74) is 0.899. The lowest BCUT2D eigenvalue weighted by atomic mass is 9.99. The van der Waals surface area contributed by atoms with Gasteiger partial charge < -0.3 is 64.5 Å². The number of carbonyl (C=O) groups excluding carboxylic acids is 1. The number of aliphatic hydroxyl groups excluding tert-OH is 8. The van der Waals surface area contributed by atoms with Gasteiger partial charge in [0.2, 0.25) is 12.6 Å². The van der Waals surface area contributed by atoms with Crippen LogP contribution in [0.3, 0.4) is 0 Å². The number of allylic oxidation sites excluding steroid dienone is 6. The Hall–Kier alpha value is -3.15. The van der Waals surface area contributed by atoms with E-state index in [1.807, 2.05) is 0 Å². The van der Waals surface area contributed by atoms with Gasteiger partial charge in [-0.2, -0.15) is 0 Å². The van der Waals surface area contributed by atoms with E-state index in [-0.39, 0.29) is 23.0 Å². The Labute approximate surface area is 232 Å². The van der Waals surface area contributed by atoms with Crippen LogP contribution in [0.2, 0.25) is 0 Å². The summed E-state index contributed by atoms with van der Waals surface area (Å²) in [6, 6.07) is 2.72. The fourth-order valence-electron chi connectivity index (χ4n) is 4.67. The molecule has 0 bridgehead atoms. The molecule has 1 aliphatic carbocycles. The molecule has 3 aliphatic heterocycles. The number of ether oxygens (including phenoxy) is 5. The normalized spacial score (nSPS) is 36.6. The third-order valence-corrected chi connectivity index (χ3v) is 7.03. The lowest BCUT2D eigenvalue weighted by molar-refractivity contribution is -0.278. The van der Waals surface area contributed by atoms with E-state index in [9.17, 15) is 45.6 Å². The van der Waals surface area contributed by atoms with Gasteiger partial charge in [-0.3, -0.25) is 4.79 Å². The van der Waals surface area contributed by atoms with Gasteiger partial charge >= 0.3 is 0 Å². The smallest absolute Gasteiger partial charge is 0.229 e. The van der Waals surface area contributed by atoms with Crippen LogP contribution in [0.4, 0.5) is 0 Å². The van der Waals surface area contributed by atoms with E-state index in [0.29, 0.717) is 16.9 Å². The Kier molecular flexibility index (Phi) is 8.58. The summed E-state index contributed by atoms with van der Waals surface area (Å²) in [6.45, 7) is -1.35. The first kappa shape index (κ1) is 29.3. The van der Waals surface area contributed by atoms with Gasteiger partial charge in [0, 0.05) is 17.7 Å². The van der Waals surface area contributed by atoms with Gasteiger partial charge in [0.15, 0.2) is 5.78 Å². The summed E-state index contributed by atoms with van der Waals surface area (Å²) in [4.78, 5) is 11.5. The summed E-state index contributed by atoms with van der Waals surface area (Å²) >= 11 is 0. The van der Waals surface area contributed by atoms with Crippen LogP contribution in [0.25, 0.3) is 6.08 Å². The van der Waals surface area contributed by atoms with Crippen molar-refractivity contribution in [3.8, 4) is 17.2 Å². The SMILES string of the molecule is O=C1C=CC(=C2C=Cc3c(cc(OC4OC(CO)C(O)C(O)C4O)cc3OC3OC(CO)C(O)C(O)C3O)O2)C=C1. The minimum Gasteiger partial charge on any atom is -0.462 e. The highest BCUT2D eigenvalue weighted by molar-refractivity contribution is 6.01. The molecule has 10 unspecified atom stereocenters. The molecule has 3 heterocycles. The molecule has 0 spiro atoms. The maximum absolute atomic E-state index is 11.5. The molecule has 5 rings (SSSR count). The number of hydrogen-bond donors (Lipinski definition) is 8. The Morgan fingerprint density at radius 3 is 1.78 bits per heavy atom. The first-order valence-electron chi connectivity index (χ1n) is 12.7. The van der Waals surface area contributed by atoms with Crippen LogP contribution in [0.5, 0.6) is 17.2 Å². The van der Waals surface area contributed by atoms with Crippen molar-refractivity contribution in [1.82, 2.24) is 0 Å². The molecule has 0 aromatic heterocycles. The molecule has 1 aromatic carbocycles. The van der Waals surface area contributed by atoms with Crippen LogP contribution in [-0.4, -0.2) is 121 Å². The van der Waals surface area contributed by atoms with Crippen molar-refractivity contribution in [3.05, 3.63) is 59.4 Å². The fraction of sp³-hybridized carbons (Fsp3) is 0.444. The maximum atomic E-state index is 11.5. The summed E-state index contributed by atoms with van der Waals surface area (Å²) in [5, 5.41) is 80.5. The van der Waals surface area contributed by atoms with Crippen LogP contribution in [-0.2, 0) is 14.3 Å². The van der Waals surface area contributed by atoms with E-state index in [0.717, 1.165) is 0 Å². The number of aliphatic hydroxyl groups is 8. The van der Waals surface area contributed by atoms with Gasteiger partial charge in [0.05, 0.1) is 18.8 Å². The molecule has 1 aromatic rings. The predicted molar refractivity (Wildman–Crippen MR) is 135 cm³/mol. The number of rotatable bonds is 6. The molecular weight excluding hydrogens is 548 g/mol. The van der Waals surface area contributed by atoms with Crippen molar-refractivity contribution in [2.24, 2.45) is 0 Å². The zero-order valence-electron chi connectivity index (χ0n) is 21.3. The second kappa shape index (κ2) is 12.0. The second-order valence-corrected chi connectivity index (χ2v) is 9.79. The number of ketones is 1. The highest BCUT2D eigenvalue weighted by atomic mass is 16.7. The van der Waals surface area contributed by atoms with Crippen LogP contribution in [0.15, 0.2) is 53.8 Å². The molecule has 0 amide bonds.